The molecule has 1 aromatic rings. The van der Waals surface area contributed by atoms with Crippen LogP contribution in [0.3, 0.4) is 0 Å². The van der Waals surface area contributed by atoms with Crippen LogP contribution in [0.25, 0.3) is 0 Å². The number of anilines is 1. The van der Waals surface area contributed by atoms with Crippen molar-refractivity contribution in [2.75, 3.05) is 10.7 Å². The number of amidine groups is 1. The molecule has 3 nitrogen and oxygen atoms in total. The molecular weight excluding hydrogens is 244 g/mol. The Morgan fingerprint density at radius 1 is 1.33 bits per heavy atom. The molecule has 0 saturated carbocycles. The van der Waals surface area contributed by atoms with Crippen molar-refractivity contribution in [1.29, 1.82) is 0 Å². The quantitative estimate of drug-likeness (QED) is 0.820. The maximum atomic E-state index is 12.1. The average molecular weight is 262 g/mol. The van der Waals surface area contributed by atoms with E-state index >= 15 is 0 Å². The molecule has 0 spiro atoms. The Balaban J connectivity index is 2.47. The molecule has 0 atom stereocenters. The number of rotatable bonds is 2. The Kier molecular flexibility index (Phi) is 3.76. The lowest BCUT2D eigenvalue weighted by Crippen LogP contribution is -2.30. The van der Waals surface area contributed by atoms with Crippen molar-refractivity contribution in [2.24, 2.45) is 4.99 Å². The molecule has 0 aromatic heterocycles. The van der Waals surface area contributed by atoms with E-state index in [9.17, 15) is 4.79 Å². The van der Waals surface area contributed by atoms with Crippen molar-refractivity contribution in [3.63, 3.8) is 0 Å². The van der Waals surface area contributed by atoms with Crippen LogP contribution < -0.4 is 4.90 Å². The molecule has 0 bridgehead atoms. The molecule has 1 aromatic carbocycles. The Labute approximate surface area is 112 Å². The Morgan fingerprint density at radius 2 is 2.06 bits per heavy atom. The highest BCUT2D eigenvalue weighted by atomic mass is 32.2. The smallest absolute Gasteiger partial charge is 0.243 e. The second-order valence-electron chi connectivity index (χ2n) is 4.74. The first kappa shape index (κ1) is 13.1. The molecule has 0 radical (unpaired) electrons. The molecule has 1 heterocycles. The Hall–Kier alpha value is -1.29. The van der Waals surface area contributed by atoms with Crippen molar-refractivity contribution in [3.8, 4) is 0 Å². The number of benzene rings is 1. The first-order chi connectivity index (χ1) is 8.50. The number of aryl methyl sites for hydroxylation is 1. The van der Waals surface area contributed by atoms with Crippen molar-refractivity contribution in [1.82, 2.24) is 0 Å². The molecule has 96 valence electrons. The zero-order chi connectivity index (χ0) is 13.3. The lowest BCUT2D eigenvalue weighted by Gasteiger charge is -2.20. The third-order valence-corrected chi connectivity index (χ3v) is 3.89. The maximum Gasteiger partial charge on any atom is 0.243 e. The van der Waals surface area contributed by atoms with Crippen LogP contribution in [0.4, 0.5) is 5.69 Å². The topological polar surface area (TPSA) is 32.7 Å². The van der Waals surface area contributed by atoms with E-state index in [1.807, 2.05) is 32.9 Å². The molecule has 1 aliphatic rings. The summed E-state index contributed by atoms with van der Waals surface area (Å²) in [5.41, 5.74) is 3.30. The highest BCUT2D eigenvalue weighted by Crippen LogP contribution is 2.30. The zero-order valence-electron chi connectivity index (χ0n) is 11.2. The molecule has 0 aliphatic carbocycles. The molecule has 0 unspecified atom stereocenters. The number of carbonyl (C=O) groups excluding carboxylic acids is 1. The minimum atomic E-state index is 0.119. The summed E-state index contributed by atoms with van der Waals surface area (Å²) >= 11 is 1.52. The van der Waals surface area contributed by atoms with Gasteiger partial charge in [0.05, 0.1) is 11.4 Å². The highest BCUT2D eigenvalue weighted by molar-refractivity contribution is 8.15. The number of thioether (sulfide) groups is 1. The van der Waals surface area contributed by atoms with Gasteiger partial charge < -0.3 is 0 Å². The fraction of sp³-hybridized carbons (Fsp3) is 0.429. The second-order valence-corrected chi connectivity index (χ2v) is 5.68. The molecular formula is C14H18N2OS. The molecule has 1 amide bonds. The van der Waals surface area contributed by atoms with Crippen molar-refractivity contribution in [2.45, 2.75) is 33.7 Å². The minimum absolute atomic E-state index is 0.119. The number of amides is 1. The maximum absolute atomic E-state index is 12.1. The van der Waals surface area contributed by atoms with Gasteiger partial charge in [0.2, 0.25) is 5.91 Å². The predicted molar refractivity (Wildman–Crippen MR) is 78.4 cm³/mol. The van der Waals surface area contributed by atoms with Crippen LogP contribution in [0.15, 0.2) is 23.2 Å². The fourth-order valence-electron chi connectivity index (χ4n) is 1.89. The van der Waals surface area contributed by atoms with E-state index in [1.165, 1.54) is 17.3 Å². The molecule has 4 heteroatoms. The van der Waals surface area contributed by atoms with E-state index in [1.54, 1.807) is 4.90 Å². The van der Waals surface area contributed by atoms with Gasteiger partial charge in [-0.05, 0) is 44.9 Å². The fourth-order valence-corrected chi connectivity index (χ4v) is 2.89. The van der Waals surface area contributed by atoms with Gasteiger partial charge in [-0.15, -0.1) is 0 Å². The zero-order valence-corrected chi connectivity index (χ0v) is 12.0. The molecule has 1 aliphatic heterocycles. The second kappa shape index (κ2) is 5.14. The molecule has 0 N–H and O–H groups in total. The van der Waals surface area contributed by atoms with E-state index in [0.717, 1.165) is 16.4 Å². The van der Waals surface area contributed by atoms with Gasteiger partial charge in [-0.3, -0.25) is 14.7 Å². The monoisotopic (exact) mass is 262 g/mol. The first-order valence-electron chi connectivity index (χ1n) is 6.10. The third kappa shape index (κ3) is 2.43. The van der Waals surface area contributed by atoms with Crippen LogP contribution in [-0.4, -0.2) is 22.9 Å². The summed E-state index contributed by atoms with van der Waals surface area (Å²) in [6.07, 6.45) is 0. The summed E-state index contributed by atoms with van der Waals surface area (Å²) in [5, 5.41) is 0.823. The van der Waals surface area contributed by atoms with Gasteiger partial charge in [0.15, 0.2) is 5.17 Å². The largest absolute Gasteiger partial charge is 0.273 e. The van der Waals surface area contributed by atoms with Crippen molar-refractivity contribution < 1.29 is 4.79 Å². The normalized spacial score (nSPS) is 18.2. The molecule has 1 fully saturated rings. The first-order valence-corrected chi connectivity index (χ1v) is 7.09. The molecule has 1 saturated heterocycles. The summed E-state index contributed by atoms with van der Waals surface area (Å²) in [7, 11) is 0. The van der Waals surface area contributed by atoms with Crippen LogP contribution in [0, 0.1) is 13.8 Å². The van der Waals surface area contributed by atoms with E-state index in [-0.39, 0.29) is 11.9 Å². The van der Waals surface area contributed by atoms with Gasteiger partial charge in [-0.2, -0.15) is 0 Å². The highest BCUT2D eigenvalue weighted by Gasteiger charge is 2.30. The van der Waals surface area contributed by atoms with Gasteiger partial charge in [-0.25, -0.2) is 0 Å². The van der Waals surface area contributed by atoms with Gasteiger partial charge in [0.1, 0.15) is 0 Å². The van der Waals surface area contributed by atoms with Crippen LogP contribution in [0.1, 0.15) is 25.0 Å². The van der Waals surface area contributed by atoms with E-state index in [4.69, 9.17) is 0 Å². The van der Waals surface area contributed by atoms with Crippen LogP contribution in [0.2, 0.25) is 0 Å². The Morgan fingerprint density at radius 3 is 2.72 bits per heavy atom. The lowest BCUT2D eigenvalue weighted by atomic mass is 10.1. The standard InChI is InChI=1S/C14H18N2OS/c1-9(2)15-14-16(13(17)8-18-14)12-7-5-6-10(3)11(12)4/h5-7,9H,8H2,1-4H3/b15-14-. The van der Waals surface area contributed by atoms with Crippen LogP contribution >= 0.6 is 11.8 Å². The van der Waals surface area contributed by atoms with E-state index < -0.39 is 0 Å². The Bertz CT molecular complexity index is 509. The van der Waals surface area contributed by atoms with Crippen LogP contribution in [0.5, 0.6) is 0 Å². The molecule has 18 heavy (non-hydrogen) atoms. The summed E-state index contributed by atoms with van der Waals surface area (Å²) < 4.78 is 0. The summed E-state index contributed by atoms with van der Waals surface area (Å²) in [5.74, 6) is 0.604. The predicted octanol–water partition coefficient (Wildman–Crippen LogP) is 3.15. The van der Waals surface area contributed by atoms with Gasteiger partial charge in [-0.1, -0.05) is 23.9 Å². The van der Waals surface area contributed by atoms with Crippen molar-refractivity contribution in [3.05, 3.63) is 29.3 Å². The summed E-state index contributed by atoms with van der Waals surface area (Å²) in [6.45, 7) is 8.16. The van der Waals surface area contributed by atoms with Gasteiger partial charge >= 0.3 is 0 Å². The average Bonchev–Trinajstić information content (AvgIpc) is 2.63. The SMILES string of the molecule is Cc1cccc(N2C(=O)CS/C2=N\C(C)C)c1C. The number of aliphatic imine (C=N–C) groups is 1. The summed E-state index contributed by atoms with van der Waals surface area (Å²) in [6, 6.07) is 6.24. The number of carbonyl (C=O) groups is 1. The van der Waals surface area contributed by atoms with Crippen molar-refractivity contribution >= 4 is 28.5 Å². The number of hydrogen-bond donors (Lipinski definition) is 0. The lowest BCUT2D eigenvalue weighted by molar-refractivity contribution is -0.115. The van der Waals surface area contributed by atoms with Gasteiger partial charge in [0.25, 0.3) is 0 Å². The molecule has 2 rings (SSSR count). The third-order valence-electron chi connectivity index (χ3n) is 2.95. The van der Waals surface area contributed by atoms with Gasteiger partial charge in [0, 0.05) is 6.04 Å². The van der Waals surface area contributed by atoms with Crippen LogP contribution in [-0.2, 0) is 4.79 Å². The number of nitrogens with zero attached hydrogens (tertiary/aromatic N) is 2. The summed E-state index contributed by atoms with van der Waals surface area (Å²) in [4.78, 5) is 18.4. The van der Waals surface area contributed by atoms with E-state index in [2.05, 4.69) is 18.0 Å². The van der Waals surface area contributed by atoms with E-state index in [0.29, 0.717) is 5.75 Å². The minimum Gasteiger partial charge on any atom is -0.273 e. The number of hydrogen-bond acceptors (Lipinski definition) is 3.